The SMILES string of the molecule is CCCCN1C(=O)C2=C(c3ccc(-c4ccc(/C=C(\C#N)C(=O)O)o4)cc3)N(CCCC)C(=O)C2=C1c1ccc(-c2ccc(N(c3ccccc3)c3ccccc3)cc2)cc1. The quantitative estimate of drug-likeness (QED) is 0.0811. The molecule has 2 amide bonds. The average molecular weight is 805 g/mol. The summed E-state index contributed by atoms with van der Waals surface area (Å²) in [7, 11) is 0. The van der Waals surface area contributed by atoms with Gasteiger partial charge in [0.25, 0.3) is 11.8 Å². The Morgan fingerprint density at radius 3 is 1.48 bits per heavy atom. The van der Waals surface area contributed by atoms with Crippen molar-refractivity contribution in [2.24, 2.45) is 0 Å². The Labute approximate surface area is 355 Å². The molecular formula is C52H44N4O5. The molecule has 0 atom stereocenters. The molecule has 2 aliphatic rings. The van der Waals surface area contributed by atoms with Crippen molar-refractivity contribution in [2.45, 2.75) is 39.5 Å². The molecule has 9 heteroatoms. The third kappa shape index (κ3) is 7.91. The van der Waals surface area contributed by atoms with Crippen LogP contribution in [-0.4, -0.2) is 45.8 Å². The lowest BCUT2D eigenvalue weighted by Crippen LogP contribution is -2.31. The van der Waals surface area contributed by atoms with E-state index in [0.29, 0.717) is 47.0 Å². The molecular weight excluding hydrogens is 761 g/mol. The third-order valence-corrected chi connectivity index (χ3v) is 11.0. The lowest BCUT2D eigenvalue weighted by Gasteiger charge is -2.26. The van der Waals surface area contributed by atoms with Gasteiger partial charge in [0.2, 0.25) is 0 Å². The van der Waals surface area contributed by atoms with E-state index in [-0.39, 0.29) is 17.6 Å². The molecule has 0 aliphatic carbocycles. The number of benzene rings is 5. The van der Waals surface area contributed by atoms with Crippen molar-refractivity contribution in [3.05, 3.63) is 179 Å². The van der Waals surface area contributed by atoms with Crippen LogP contribution >= 0.6 is 0 Å². The average Bonchev–Trinajstić information content (AvgIpc) is 3.97. The summed E-state index contributed by atoms with van der Waals surface area (Å²) in [6.07, 6.45) is 4.49. The van der Waals surface area contributed by atoms with Crippen LogP contribution < -0.4 is 4.90 Å². The smallest absolute Gasteiger partial charge is 0.346 e. The van der Waals surface area contributed by atoms with Gasteiger partial charge >= 0.3 is 5.97 Å². The number of aliphatic carboxylic acids is 1. The molecule has 302 valence electrons. The standard InChI is InChI=1S/C52H44N4O5/c1-3-5-31-54-48(38-21-17-35(18-22-38)36-25-27-43(28-26-36)56(41-13-9-7-10-14-41)42-15-11-8-12-16-42)46-47(51(54)58)49(55(50(46)57)32-6-4-2)39-23-19-37(20-24-39)45-30-29-44(61-45)33-40(34-53)52(59)60/h7-30,33H,3-6,31-32H2,1-2H3,(H,59,60)/b40-33+. The van der Waals surface area contributed by atoms with Gasteiger partial charge in [0.05, 0.1) is 22.5 Å². The monoisotopic (exact) mass is 804 g/mol. The van der Waals surface area contributed by atoms with Crippen LogP contribution in [0.3, 0.4) is 0 Å². The molecule has 8 rings (SSSR count). The molecule has 5 aromatic carbocycles. The van der Waals surface area contributed by atoms with Gasteiger partial charge in [-0.2, -0.15) is 5.26 Å². The predicted octanol–water partition coefficient (Wildman–Crippen LogP) is 11.5. The van der Waals surface area contributed by atoms with Crippen molar-refractivity contribution < 1.29 is 23.9 Å². The van der Waals surface area contributed by atoms with Crippen molar-refractivity contribution in [2.75, 3.05) is 18.0 Å². The summed E-state index contributed by atoms with van der Waals surface area (Å²) in [6, 6.07) is 49.6. The summed E-state index contributed by atoms with van der Waals surface area (Å²) in [5.41, 5.74) is 9.13. The first-order chi connectivity index (χ1) is 29.8. The predicted molar refractivity (Wildman–Crippen MR) is 239 cm³/mol. The molecule has 0 radical (unpaired) electrons. The van der Waals surface area contributed by atoms with E-state index in [1.807, 2.05) is 72.8 Å². The highest BCUT2D eigenvalue weighted by atomic mass is 16.4. The van der Waals surface area contributed by atoms with Gasteiger partial charge in [-0.05, 0) is 83.6 Å². The number of para-hydroxylation sites is 2. The minimum atomic E-state index is -1.33. The van der Waals surface area contributed by atoms with E-state index >= 15 is 0 Å². The van der Waals surface area contributed by atoms with Crippen LogP contribution in [0.1, 0.15) is 56.4 Å². The number of nitrogens with zero attached hydrogens (tertiary/aromatic N) is 4. The van der Waals surface area contributed by atoms with E-state index in [4.69, 9.17) is 9.68 Å². The van der Waals surface area contributed by atoms with Gasteiger partial charge in [-0.3, -0.25) is 9.59 Å². The summed E-state index contributed by atoms with van der Waals surface area (Å²) < 4.78 is 5.86. The molecule has 0 unspecified atom stereocenters. The fourth-order valence-corrected chi connectivity index (χ4v) is 7.94. The number of carbonyl (C=O) groups is 3. The summed E-state index contributed by atoms with van der Waals surface area (Å²) in [5.74, 6) is -0.978. The van der Waals surface area contributed by atoms with Crippen LogP contribution in [0.25, 0.3) is 39.9 Å². The number of carboxylic acid groups (broad SMARTS) is 1. The van der Waals surface area contributed by atoms with Gasteiger partial charge in [0.15, 0.2) is 0 Å². The Hall–Kier alpha value is -7.70. The van der Waals surface area contributed by atoms with Crippen LogP contribution in [0.15, 0.2) is 167 Å². The molecule has 3 heterocycles. The van der Waals surface area contributed by atoms with E-state index in [9.17, 15) is 19.5 Å². The van der Waals surface area contributed by atoms with Gasteiger partial charge in [-0.25, -0.2) is 4.79 Å². The van der Waals surface area contributed by atoms with Crippen molar-refractivity contribution >= 4 is 52.3 Å². The lowest BCUT2D eigenvalue weighted by atomic mass is 9.99. The van der Waals surface area contributed by atoms with Crippen LogP contribution in [0.4, 0.5) is 17.1 Å². The molecule has 0 fully saturated rings. The Kier molecular flexibility index (Phi) is 11.6. The molecule has 0 saturated carbocycles. The van der Waals surface area contributed by atoms with Crippen LogP contribution in [-0.2, 0) is 14.4 Å². The first kappa shape index (κ1) is 40.1. The second kappa shape index (κ2) is 17.7. The second-order valence-electron chi connectivity index (χ2n) is 15.0. The van der Waals surface area contributed by atoms with Crippen molar-refractivity contribution in [3.8, 4) is 28.5 Å². The first-order valence-electron chi connectivity index (χ1n) is 20.6. The lowest BCUT2D eigenvalue weighted by molar-refractivity contribution is -0.132. The number of amides is 2. The summed E-state index contributed by atoms with van der Waals surface area (Å²) >= 11 is 0. The molecule has 0 spiro atoms. The zero-order valence-corrected chi connectivity index (χ0v) is 34.0. The highest BCUT2D eigenvalue weighted by Gasteiger charge is 2.48. The number of carbonyl (C=O) groups excluding carboxylic acids is 2. The zero-order chi connectivity index (χ0) is 42.5. The maximum absolute atomic E-state index is 14.6. The maximum atomic E-state index is 14.6. The van der Waals surface area contributed by atoms with Gasteiger partial charge in [0, 0.05) is 41.8 Å². The van der Waals surface area contributed by atoms with E-state index in [0.717, 1.165) is 65.0 Å². The van der Waals surface area contributed by atoms with Crippen molar-refractivity contribution in [1.82, 2.24) is 9.80 Å². The van der Waals surface area contributed by atoms with Gasteiger partial charge < -0.3 is 24.2 Å². The minimum absolute atomic E-state index is 0.180. The van der Waals surface area contributed by atoms with Gasteiger partial charge in [0.1, 0.15) is 23.2 Å². The van der Waals surface area contributed by atoms with Crippen LogP contribution in [0.5, 0.6) is 0 Å². The summed E-state index contributed by atoms with van der Waals surface area (Å²) in [4.78, 5) is 46.3. The molecule has 6 aromatic rings. The molecule has 1 N–H and O–H groups in total. The number of hydrogen-bond acceptors (Lipinski definition) is 6. The molecule has 9 nitrogen and oxygen atoms in total. The summed E-state index contributed by atoms with van der Waals surface area (Å²) in [6.45, 7) is 5.11. The van der Waals surface area contributed by atoms with E-state index in [1.165, 1.54) is 6.08 Å². The molecule has 61 heavy (non-hydrogen) atoms. The number of nitriles is 1. The van der Waals surface area contributed by atoms with Crippen LogP contribution in [0, 0.1) is 11.3 Å². The number of carboxylic acids is 1. The number of hydrogen-bond donors (Lipinski definition) is 1. The Balaban J connectivity index is 1.14. The summed E-state index contributed by atoms with van der Waals surface area (Å²) in [5, 5.41) is 18.4. The fourth-order valence-electron chi connectivity index (χ4n) is 7.94. The van der Waals surface area contributed by atoms with E-state index < -0.39 is 11.5 Å². The van der Waals surface area contributed by atoms with Gasteiger partial charge in [-0.1, -0.05) is 124 Å². The normalized spacial score (nSPS) is 13.9. The number of unbranched alkanes of at least 4 members (excludes halogenated alkanes) is 2. The number of rotatable bonds is 15. The molecule has 0 saturated heterocycles. The van der Waals surface area contributed by atoms with E-state index in [1.54, 1.807) is 28.0 Å². The van der Waals surface area contributed by atoms with Crippen molar-refractivity contribution in [3.63, 3.8) is 0 Å². The number of anilines is 3. The van der Waals surface area contributed by atoms with E-state index in [2.05, 4.69) is 79.4 Å². The molecule has 1 aromatic heterocycles. The molecule has 2 aliphatic heterocycles. The number of fused-ring (bicyclic) bond motifs is 1. The van der Waals surface area contributed by atoms with Crippen molar-refractivity contribution in [1.29, 1.82) is 5.26 Å². The molecule has 0 bridgehead atoms. The maximum Gasteiger partial charge on any atom is 0.346 e. The highest BCUT2D eigenvalue weighted by molar-refractivity contribution is 6.30. The Morgan fingerprint density at radius 2 is 1.03 bits per heavy atom. The first-order valence-corrected chi connectivity index (χ1v) is 20.6. The highest BCUT2D eigenvalue weighted by Crippen LogP contribution is 2.47. The minimum Gasteiger partial charge on any atom is -0.477 e. The van der Waals surface area contributed by atoms with Crippen LogP contribution in [0.2, 0.25) is 0 Å². The topological polar surface area (TPSA) is 118 Å². The Morgan fingerprint density at radius 1 is 0.607 bits per heavy atom. The zero-order valence-electron chi connectivity index (χ0n) is 34.0. The fraction of sp³-hybridized carbons (Fsp3) is 0.154. The largest absolute Gasteiger partial charge is 0.477 e. The van der Waals surface area contributed by atoms with Gasteiger partial charge in [-0.15, -0.1) is 0 Å². The Bertz CT molecular complexity index is 2680. The second-order valence-corrected chi connectivity index (χ2v) is 15.0. The number of furan rings is 1. The third-order valence-electron chi connectivity index (χ3n) is 11.0.